The van der Waals surface area contributed by atoms with Crippen LogP contribution in [0.3, 0.4) is 0 Å². The molecule has 0 saturated heterocycles. The van der Waals surface area contributed by atoms with Crippen molar-refractivity contribution in [1.29, 1.82) is 0 Å². The molecule has 0 atom stereocenters. The zero-order valence-electron chi connectivity index (χ0n) is 12.7. The van der Waals surface area contributed by atoms with Gasteiger partial charge in [0.1, 0.15) is 17.9 Å². The van der Waals surface area contributed by atoms with Gasteiger partial charge >= 0.3 is 7.05 Å². The third-order valence-corrected chi connectivity index (χ3v) is 3.76. The molecule has 2 aromatic carbocycles. The van der Waals surface area contributed by atoms with Crippen LogP contribution in [-0.2, 0) is 6.61 Å². The van der Waals surface area contributed by atoms with Gasteiger partial charge in [0.15, 0.2) is 0 Å². The van der Waals surface area contributed by atoms with E-state index >= 15 is 0 Å². The Bertz CT molecular complexity index is 812. The van der Waals surface area contributed by atoms with Crippen LogP contribution in [0.1, 0.15) is 5.56 Å². The Labute approximate surface area is 143 Å². The van der Waals surface area contributed by atoms with Crippen LogP contribution in [0.5, 0.6) is 5.75 Å². The van der Waals surface area contributed by atoms with Gasteiger partial charge in [-0.25, -0.2) is 0 Å². The number of hydrogen-bond acceptors (Lipinski definition) is 4. The minimum atomic E-state index is -0.644. The summed E-state index contributed by atoms with van der Waals surface area (Å²) in [4.78, 5) is 4.45. The molecule has 1 aromatic heterocycles. The van der Waals surface area contributed by atoms with Crippen LogP contribution in [0.4, 0.5) is 5.69 Å². The van der Waals surface area contributed by atoms with Gasteiger partial charge < -0.3 is 15.0 Å². The zero-order valence-corrected chi connectivity index (χ0v) is 14.2. The Balaban J connectivity index is 1.95. The smallest absolute Gasteiger partial charge is 0.406 e. The minimum absolute atomic E-state index is 0.464. The largest absolute Gasteiger partial charge is 0.487 e. The van der Waals surface area contributed by atoms with Crippen LogP contribution in [0.2, 0.25) is 6.82 Å². The number of pyridine rings is 1. The van der Waals surface area contributed by atoms with Crippen LogP contribution in [0.15, 0.2) is 59.2 Å². The number of aromatic nitrogens is 1. The first kappa shape index (κ1) is 15.8. The molecule has 0 spiro atoms. The fourth-order valence-electron chi connectivity index (χ4n) is 2.36. The first-order valence-electron chi connectivity index (χ1n) is 7.32. The van der Waals surface area contributed by atoms with Crippen molar-refractivity contribution in [2.24, 2.45) is 0 Å². The van der Waals surface area contributed by atoms with Gasteiger partial charge in [0.25, 0.3) is 0 Å². The number of ether oxygens (including phenoxy) is 1. The average molecular weight is 371 g/mol. The van der Waals surface area contributed by atoms with E-state index < -0.39 is 7.05 Å². The number of hydrogen-bond donors (Lipinski definition) is 2. The van der Waals surface area contributed by atoms with E-state index in [0.717, 1.165) is 26.6 Å². The van der Waals surface area contributed by atoms with Gasteiger partial charge in [0.05, 0.1) is 0 Å². The monoisotopic (exact) mass is 370 g/mol. The van der Waals surface area contributed by atoms with Crippen molar-refractivity contribution in [2.75, 3.05) is 5.23 Å². The van der Waals surface area contributed by atoms with Crippen LogP contribution in [0.25, 0.3) is 10.9 Å². The van der Waals surface area contributed by atoms with Crippen molar-refractivity contribution in [1.82, 2.24) is 4.98 Å². The van der Waals surface area contributed by atoms with Gasteiger partial charge in [-0.1, -0.05) is 30.3 Å². The number of nitrogens with zero attached hydrogens (tertiary/aromatic N) is 1. The van der Waals surface area contributed by atoms with Crippen LogP contribution < -0.4 is 9.96 Å². The summed E-state index contributed by atoms with van der Waals surface area (Å²) >= 11 is 3.43. The Morgan fingerprint density at radius 3 is 2.74 bits per heavy atom. The van der Waals surface area contributed by atoms with Crippen LogP contribution in [0, 0.1) is 0 Å². The maximum atomic E-state index is 9.55. The molecule has 23 heavy (non-hydrogen) atoms. The number of fused-ring (bicyclic) bond motifs is 1. The third-order valence-electron chi connectivity index (χ3n) is 3.33. The van der Waals surface area contributed by atoms with Crippen molar-refractivity contribution < 1.29 is 9.76 Å². The highest BCUT2D eigenvalue weighted by Gasteiger charge is 2.10. The summed E-state index contributed by atoms with van der Waals surface area (Å²) < 4.78 is 6.86. The molecule has 0 bridgehead atoms. The molecule has 0 aliphatic heterocycles. The molecular formula is C17H16BBrN2O2. The van der Waals surface area contributed by atoms with Crippen molar-refractivity contribution >= 4 is 39.6 Å². The zero-order chi connectivity index (χ0) is 16.2. The summed E-state index contributed by atoms with van der Waals surface area (Å²) in [6, 6.07) is 15.8. The molecule has 1 heterocycles. The second kappa shape index (κ2) is 7.02. The van der Waals surface area contributed by atoms with E-state index in [9.17, 15) is 5.02 Å². The molecule has 0 saturated carbocycles. The molecule has 6 heteroatoms. The Morgan fingerprint density at radius 2 is 2.00 bits per heavy atom. The molecule has 0 fully saturated rings. The maximum Gasteiger partial charge on any atom is 0.406 e. The predicted octanol–water partition coefficient (Wildman–Crippen LogP) is 4.10. The van der Waals surface area contributed by atoms with Crippen molar-refractivity contribution in [3.05, 3.63) is 64.8 Å². The van der Waals surface area contributed by atoms with Gasteiger partial charge in [-0.2, -0.15) is 0 Å². The molecular weight excluding hydrogens is 355 g/mol. The molecule has 3 rings (SSSR count). The van der Waals surface area contributed by atoms with Crippen molar-refractivity contribution in [3.8, 4) is 5.75 Å². The standard InChI is InChI=1S/C17H16BBrN2O2/c1-18(22)21-15-8-13-7-14(19)10-20-17(13)16(9-15)23-11-12-5-3-2-4-6-12/h2-10,21-22H,11H2,1H3. The first-order chi connectivity index (χ1) is 11.1. The molecule has 0 radical (unpaired) electrons. The van der Waals surface area contributed by atoms with Gasteiger partial charge in [-0.05, 0) is 40.4 Å². The fourth-order valence-corrected chi connectivity index (χ4v) is 2.71. The van der Waals surface area contributed by atoms with E-state index in [0.29, 0.717) is 12.4 Å². The van der Waals surface area contributed by atoms with E-state index in [1.807, 2.05) is 48.5 Å². The number of halogens is 1. The average Bonchev–Trinajstić information content (AvgIpc) is 2.52. The molecule has 0 aliphatic carbocycles. The summed E-state index contributed by atoms with van der Waals surface area (Å²) in [6.45, 7) is 2.14. The molecule has 0 amide bonds. The third kappa shape index (κ3) is 4.03. The normalized spacial score (nSPS) is 10.6. The lowest BCUT2D eigenvalue weighted by Gasteiger charge is -2.13. The lowest BCUT2D eigenvalue weighted by atomic mass is 9.88. The summed E-state index contributed by atoms with van der Waals surface area (Å²) in [5.74, 6) is 0.682. The number of anilines is 1. The lowest BCUT2D eigenvalue weighted by molar-refractivity contribution is 0.309. The van der Waals surface area contributed by atoms with E-state index in [-0.39, 0.29) is 0 Å². The Kier molecular flexibility index (Phi) is 4.83. The summed E-state index contributed by atoms with van der Waals surface area (Å²) in [7, 11) is -0.644. The second-order valence-electron chi connectivity index (χ2n) is 5.29. The van der Waals surface area contributed by atoms with Gasteiger partial charge in [0.2, 0.25) is 0 Å². The molecule has 4 nitrogen and oxygen atoms in total. The first-order valence-corrected chi connectivity index (χ1v) is 8.12. The Hall–Kier alpha value is -2.05. The molecule has 0 aliphatic rings. The minimum Gasteiger partial charge on any atom is -0.487 e. The summed E-state index contributed by atoms with van der Waals surface area (Å²) in [5, 5.41) is 13.5. The lowest BCUT2D eigenvalue weighted by Crippen LogP contribution is -2.19. The number of nitrogens with one attached hydrogen (secondary N) is 1. The molecule has 0 unspecified atom stereocenters. The van der Waals surface area contributed by atoms with Gasteiger partial charge in [-0.15, -0.1) is 0 Å². The van der Waals surface area contributed by atoms with Crippen molar-refractivity contribution in [2.45, 2.75) is 13.4 Å². The molecule has 3 aromatic rings. The van der Waals surface area contributed by atoms with E-state index in [2.05, 4.69) is 26.1 Å². The quantitative estimate of drug-likeness (QED) is 0.664. The maximum absolute atomic E-state index is 9.55. The highest BCUT2D eigenvalue weighted by molar-refractivity contribution is 9.10. The highest BCUT2D eigenvalue weighted by atomic mass is 79.9. The van der Waals surface area contributed by atoms with Crippen LogP contribution >= 0.6 is 15.9 Å². The second-order valence-corrected chi connectivity index (χ2v) is 6.21. The van der Waals surface area contributed by atoms with E-state index in [1.54, 1.807) is 13.0 Å². The Morgan fingerprint density at radius 1 is 1.22 bits per heavy atom. The molecule has 2 N–H and O–H groups in total. The van der Waals surface area contributed by atoms with Gasteiger partial charge in [0, 0.05) is 27.8 Å². The number of rotatable bonds is 5. The van der Waals surface area contributed by atoms with Crippen LogP contribution in [-0.4, -0.2) is 17.1 Å². The van der Waals surface area contributed by atoms with Gasteiger partial charge in [-0.3, -0.25) is 4.98 Å². The predicted molar refractivity (Wildman–Crippen MR) is 97.7 cm³/mol. The van der Waals surface area contributed by atoms with E-state index in [1.165, 1.54) is 0 Å². The number of benzene rings is 2. The highest BCUT2D eigenvalue weighted by Crippen LogP contribution is 2.31. The fraction of sp³-hybridized carbons (Fsp3) is 0.118. The van der Waals surface area contributed by atoms with E-state index in [4.69, 9.17) is 4.74 Å². The SMILES string of the molecule is CB(O)Nc1cc(OCc2ccccc2)c2ncc(Br)cc2c1. The topological polar surface area (TPSA) is 54.4 Å². The molecule has 116 valence electrons. The summed E-state index contributed by atoms with van der Waals surface area (Å²) in [5.41, 5.74) is 2.67. The van der Waals surface area contributed by atoms with Crippen molar-refractivity contribution in [3.63, 3.8) is 0 Å². The summed E-state index contributed by atoms with van der Waals surface area (Å²) in [6.07, 6.45) is 1.75.